The van der Waals surface area contributed by atoms with E-state index in [9.17, 15) is 4.79 Å². The maximum Gasteiger partial charge on any atom is 0.276 e. The van der Waals surface area contributed by atoms with E-state index in [-0.39, 0.29) is 23.8 Å². The number of hydroxylamine groups is 1. The van der Waals surface area contributed by atoms with Crippen molar-refractivity contribution in [2.75, 3.05) is 13.2 Å². The van der Waals surface area contributed by atoms with E-state index < -0.39 is 5.91 Å². The van der Waals surface area contributed by atoms with Gasteiger partial charge in [0.2, 0.25) is 0 Å². The summed E-state index contributed by atoms with van der Waals surface area (Å²) in [5, 5.41) is 18.6. The fourth-order valence-corrected chi connectivity index (χ4v) is 3.92. The first kappa shape index (κ1) is 21.9. The number of pyridine rings is 2. The zero-order valence-electron chi connectivity index (χ0n) is 17.8. The van der Waals surface area contributed by atoms with E-state index in [0.717, 1.165) is 22.0 Å². The Hall–Kier alpha value is -3.92. The Balaban J connectivity index is 1.45. The van der Waals surface area contributed by atoms with E-state index in [4.69, 9.17) is 26.5 Å². The molecule has 0 radical (unpaired) electrons. The second kappa shape index (κ2) is 9.52. The number of aliphatic hydroxyl groups is 1. The van der Waals surface area contributed by atoms with Crippen LogP contribution >= 0.6 is 11.6 Å². The second-order valence-electron chi connectivity index (χ2n) is 7.48. The minimum atomic E-state index is -0.501. The summed E-state index contributed by atoms with van der Waals surface area (Å²) in [5.74, 6) is -0.501. The summed E-state index contributed by atoms with van der Waals surface area (Å²) in [5.41, 5.74) is 7.11. The monoisotopic (exact) mass is 474 g/mol. The number of aromatic nitrogens is 5. The molecule has 0 spiro atoms. The van der Waals surface area contributed by atoms with Crippen molar-refractivity contribution in [3.63, 3.8) is 0 Å². The molecular formula is C24H19ClN6O3. The average molecular weight is 475 g/mol. The first-order valence-electron chi connectivity index (χ1n) is 10.5. The molecule has 0 aliphatic heterocycles. The molecule has 2 aromatic carbocycles. The maximum atomic E-state index is 12.2. The lowest BCUT2D eigenvalue weighted by Crippen LogP contribution is -2.25. The van der Waals surface area contributed by atoms with E-state index in [2.05, 4.69) is 20.8 Å². The normalized spacial score (nSPS) is 11.2. The highest BCUT2D eigenvalue weighted by Crippen LogP contribution is 2.26. The van der Waals surface area contributed by atoms with Crippen LogP contribution in [0.15, 0.2) is 66.9 Å². The molecule has 0 saturated carbocycles. The third-order valence-corrected chi connectivity index (χ3v) is 5.58. The van der Waals surface area contributed by atoms with Crippen LogP contribution in [0, 0.1) is 0 Å². The van der Waals surface area contributed by atoms with Crippen LogP contribution in [0.4, 0.5) is 0 Å². The number of hydrogen-bond acceptors (Lipinski definition) is 7. The molecule has 0 saturated heterocycles. The molecule has 0 fully saturated rings. The summed E-state index contributed by atoms with van der Waals surface area (Å²) in [7, 11) is 0. The Labute approximate surface area is 198 Å². The van der Waals surface area contributed by atoms with Crippen LogP contribution in [0.1, 0.15) is 15.9 Å². The first-order chi connectivity index (χ1) is 16.6. The molecule has 2 N–H and O–H groups in total. The Kier molecular flexibility index (Phi) is 6.13. The van der Waals surface area contributed by atoms with Crippen molar-refractivity contribution in [2.24, 2.45) is 0 Å². The smallest absolute Gasteiger partial charge is 0.276 e. The number of benzene rings is 2. The predicted octanol–water partition coefficient (Wildman–Crippen LogP) is 3.40. The van der Waals surface area contributed by atoms with Crippen molar-refractivity contribution >= 4 is 39.6 Å². The van der Waals surface area contributed by atoms with Gasteiger partial charge in [-0.25, -0.2) is 15.1 Å². The molecule has 0 aliphatic carbocycles. The largest absolute Gasteiger partial charge is 0.394 e. The van der Waals surface area contributed by atoms with Crippen molar-refractivity contribution in [3.05, 3.63) is 83.0 Å². The standard InChI is InChI=1S/C24H19ClN6O3/c25-19-13-16(6-7-18(19)24(33)29-34-12-11-32)20-8-9-21-23(27-20)31(30-28-21)14-17-4-1-3-15-5-2-10-26-22(15)17/h1-10,13,32H,11-12,14H2,(H,29,33). The number of nitrogens with one attached hydrogen (secondary N) is 1. The van der Waals surface area contributed by atoms with E-state index in [1.54, 1.807) is 29.1 Å². The molecule has 1 amide bonds. The number of para-hydroxylation sites is 1. The van der Waals surface area contributed by atoms with E-state index in [0.29, 0.717) is 23.4 Å². The first-order valence-corrected chi connectivity index (χ1v) is 10.9. The molecule has 0 unspecified atom stereocenters. The number of nitrogens with zero attached hydrogens (tertiary/aromatic N) is 5. The molecule has 5 rings (SSSR count). The van der Waals surface area contributed by atoms with Crippen molar-refractivity contribution in [3.8, 4) is 11.3 Å². The Morgan fingerprint density at radius 3 is 2.85 bits per heavy atom. The lowest BCUT2D eigenvalue weighted by atomic mass is 10.1. The number of fused-ring (bicyclic) bond motifs is 2. The molecule has 3 heterocycles. The Bertz CT molecular complexity index is 1500. The van der Waals surface area contributed by atoms with Crippen LogP contribution in [-0.4, -0.2) is 49.2 Å². The van der Waals surface area contributed by atoms with Crippen LogP contribution in [0.5, 0.6) is 0 Å². The number of rotatable bonds is 7. The van der Waals surface area contributed by atoms with Gasteiger partial charge in [0, 0.05) is 17.1 Å². The van der Waals surface area contributed by atoms with Crippen LogP contribution < -0.4 is 5.48 Å². The number of carbonyl (C=O) groups excluding carboxylic acids is 1. The minimum Gasteiger partial charge on any atom is -0.394 e. The molecule has 0 atom stereocenters. The molecule has 0 aliphatic rings. The van der Waals surface area contributed by atoms with Gasteiger partial charge in [-0.15, -0.1) is 5.10 Å². The quantitative estimate of drug-likeness (QED) is 0.274. The summed E-state index contributed by atoms with van der Waals surface area (Å²) in [6.45, 7) is 0.250. The summed E-state index contributed by atoms with van der Waals surface area (Å²) in [4.78, 5) is 26.3. The SMILES string of the molecule is O=C(NOCCO)c1ccc(-c2ccc3nnn(Cc4cccc5cccnc45)c3n2)cc1Cl. The number of amides is 1. The second-order valence-corrected chi connectivity index (χ2v) is 7.88. The molecule has 34 heavy (non-hydrogen) atoms. The highest BCUT2D eigenvalue weighted by atomic mass is 35.5. The van der Waals surface area contributed by atoms with Gasteiger partial charge < -0.3 is 5.11 Å². The number of hydrogen-bond donors (Lipinski definition) is 2. The van der Waals surface area contributed by atoms with E-state index >= 15 is 0 Å². The van der Waals surface area contributed by atoms with Gasteiger partial charge in [-0.3, -0.25) is 14.6 Å². The fraction of sp³-hybridized carbons (Fsp3) is 0.125. The van der Waals surface area contributed by atoms with Gasteiger partial charge in [0.05, 0.1) is 41.6 Å². The molecular weight excluding hydrogens is 456 g/mol. The van der Waals surface area contributed by atoms with Crippen LogP contribution in [0.3, 0.4) is 0 Å². The van der Waals surface area contributed by atoms with Crippen LogP contribution in [-0.2, 0) is 11.4 Å². The summed E-state index contributed by atoms with van der Waals surface area (Å²) >= 11 is 6.35. The molecule has 10 heteroatoms. The summed E-state index contributed by atoms with van der Waals surface area (Å²) in [6, 6.07) is 18.7. The number of halogens is 1. The average Bonchev–Trinajstić information content (AvgIpc) is 3.26. The van der Waals surface area contributed by atoms with Crippen LogP contribution in [0.2, 0.25) is 5.02 Å². The van der Waals surface area contributed by atoms with Gasteiger partial charge in [0.25, 0.3) is 5.91 Å². The fourth-order valence-electron chi connectivity index (χ4n) is 3.65. The van der Waals surface area contributed by atoms with Crippen molar-refractivity contribution in [1.82, 2.24) is 30.4 Å². The maximum absolute atomic E-state index is 12.2. The zero-order chi connectivity index (χ0) is 23.5. The molecule has 5 aromatic rings. The highest BCUT2D eigenvalue weighted by Gasteiger charge is 2.14. The Morgan fingerprint density at radius 1 is 1.12 bits per heavy atom. The van der Waals surface area contributed by atoms with E-state index in [1.807, 2.05) is 42.5 Å². The predicted molar refractivity (Wildman–Crippen MR) is 127 cm³/mol. The zero-order valence-corrected chi connectivity index (χ0v) is 18.6. The van der Waals surface area contributed by atoms with Gasteiger partial charge in [0.15, 0.2) is 5.65 Å². The topological polar surface area (TPSA) is 115 Å². The summed E-state index contributed by atoms with van der Waals surface area (Å²) in [6.07, 6.45) is 1.77. The lowest BCUT2D eigenvalue weighted by molar-refractivity contribution is 0.0168. The molecule has 9 nitrogen and oxygen atoms in total. The van der Waals surface area contributed by atoms with Crippen molar-refractivity contribution in [1.29, 1.82) is 0 Å². The molecule has 3 aromatic heterocycles. The van der Waals surface area contributed by atoms with Gasteiger partial charge >= 0.3 is 0 Å². The van der Waals surface area contributed by atoms with Crippen LogP contribution in [0.25, 0.3) is 33.3 Å². The van der Waals surface area contributed by atoms with Crippen molar-refractivity contribution < 1.29 is 14.7 Å². The highest BCUT2D eigenvalue weighted by molar-refractivity contribution is 6.34. The minimum absolute atomic E-state index is 0.0120. The van der Waals surface area contributed by atoms with Crippen molar-refractivity contribution in [2.45, 2.75) is 6.54 Å². The third-order valence-electron chi connectivity index (χ3n) is 5.26. The molecule has 0 bridgehead atoms. The molecule has 170 valence electrons. The third kappa shape index (κ3) is 4.32. The number of aliphatic hydroxyl groups excluding tert-OH is 1. The van der Waals surface area contributed by atoms with Gasteiger partial charge in [0.1, 0.15) is 5.52 Å². The lowest BCUT2D eigenvalue weighted by Gasteiger charge is -2.09. The Morgan fingerprint density at radius 2 is 2.00 bits per heavy atom. The van der Waals surface area contributed by atoms with Gasteiger partial charge in [-0.05, 0) is 35.9 Å². The number of carbonyl (C=O) groups is 1. The van der Waals surface area contributed by atoms with Gasteiger partial charge in [-0.1, -0.05) is 47.1 Å². The summed E-state index contributed by atoms with van der Waals surface area (Å²) < 4.78 is 1.74. The van der Waals surface area contributed by atoms with E-state index in [1.165, 1.54) is 0 Å². The van der Waals surface area contributed by atoms with Gasteiger partial charge in [-0.2, -0.15) is 0 Å².